The van der Waals surface area contributed by atoms with Crippen LogP contribution in [-0.4, -0.2) is 47.4 Å². The zero-order chi connectivity index (χ0) is 52.2. The van der Waals surface area contributed by atoms with Gasteiger partial charge in [-0.25, -0.2) is 0 Å². The summed E-state index contributed by atoms with van der Waals surface area (Å²) >= 11 is 0. The van der Waals surface area contributed by atoms with Crippen LogP contribution in [0.3, 0.4) is 0 Å². The first-order valence-corrected chi connectivity index (χ1v) is 32.6. The fourth-order valence-corrected chi connectivity index (χ4v) is 10.2. The van der Waals surface area contributed by atoms with Crippen LogP contribution in [0.5, 0.6) is 0 Å². The molecule has 2 unspecified atom stereocenters. The summed E-state index contributed by atoms with van der Waals surface area (Å²) in [4.78, 5) is 24.6. The van der Waals surface area contributed by atoms with Crippen LogP contribution in [0.15, 0.2) is 24.3 Å². The van der Waals surface area contributed by atoms with Gasteiger partial charge < -0.3 is 20.3 Å². The average Bonchev–Trinajstić information content (AvgIpc) is 3.38. The third-order valence-electron chi connectivity index (χ3n) is 15.2. The number of aliphatic hydroxyl groups is 2. The van der Waals surface area contributed by atoms with E-state index in [1.807, 2.05) is 6.08 Å². The van der Waals surface area contributed by atoms with Crippen molar-refractivity contribution in [2.75, 3.05) is 13.2 Å². The van der Waals surface area contributed by atoms with Gasteiger partial charge in [0, 0.05) is 12.8 Å². The van der Waals surface area contributed by atoms with Crippen molar-refractivity contribution in [3.63, 3.8) is 0 Å². The van der Waals surface area contributed by atoms with Crippen molar-refractivity contribution in [1.82, 2.24) is 5.32 Å². The summed E-state index contributed by atoms with van der Waals surface area (Å²) < 4.78 is 5.48. The molecule has 2 atom stereocenters. The molecule has 1 amide bonds. The van der Waals surface area contributed by atoms with Crippen molar-refractivity contribution in [3.8, 4) is 0 Å². The van der Waals surface area contributed by atoms with Gasteiger partial charge in [0.25, 0.3) is 0 Å². The minimum atomic E-state index is -0.853. The van der Waals surface area contributed by atoms with E-state index in [9.17, 15) is 19.8 Å². The molecule has 0 fully saturated rings. The van der Waals surface area contributed by atoms with E-state index < -0.39 is 12.1 Å². The van der Waals surface area contributed by atoms with Gasteiger partial charge in [0.15, 0.2) is 0 Å². The second-order valence-electron chi connectivity index (χ2n) is 22.5. The quantitative estimate of drug-likeness (QED) is 0.0320. The van der Waals surface area contributed by atoms with E-state index in [0.29, 0.717) is 19.4 Å². The van der Waals surface area contributed by atoms with Crippen molar-refractivity contribution in [3.05, 3.63) is 24.3 Å². The van der Waals surface area contributed by atoms with E-state index in [4.69, 9.17) is 4.74 Å². The highest BCUT2D eigenvalue weighted by Gasteiger charge is 2.18. The Morgan fingerprint density at radius 3 is 0.986 bits per heavy atom. The van der Waals surface area contributed by atoms with Gasteiger partial charge in [0.2, 0.25) is 5.91 Å². The normalized spacial score (nSPS) is 12.7. The molecule has 0 aromatic carbocycles. The standard InChI is InChI=1S/C66H127NO5/c1-3-5-7-9-11-13-15-17-19-21-22-23-24-25-26-27-28-29-30-34-38-42-46-50-54-58-64(69)63(62-68)67-65(70)59-55-51-47-43-39-35-32-33-37-41-45-49-53-57-61-72-66(71)60-56-52-48-44-40-36-31-20-18-16-14-12-10-8-6-4-2/h20,31,54,58,63-64,68-69H,3-19,21-30,32-53,55-57,59-62H2,1-2H3,(H,67,70)/b31-20-,58-54+. The molecule has 0 bridgehead atoms. The van der Waals surface area contributed by atoms with Crippen LogP contribution in [0, 0.1) is 0 Å². The van der Waals surface area contributed by atoms with E-state index in [1.54, 1.807) is 6.08 Å². The molecule has 0 saturated carbocycles. The fourth-order valence-electron chi connectivity index (χ4n) is 10.2. The molecule has 0 aliphatic heterocycles. The molecule has 6 nitrogen and oxygen atoms in total. The van der Waals surface area contributed by atoms with Crippen LogP contribution in [0.1, 0.15) is 361 Å². The van der Waals surface area contributed by atoms with Gasteiger partial charge in [0.05, 0.1) is 25.4 Å². The number of ether oxygens (including phenoxy) is 1. The predicted molar refractivity (Wildman–Crippen MR) is 315 cm³/mol. The molecule has 3 N–H and O–H groups in total. The highest BCUT2D eigenvalue weighted by atomic mass is 16.5. The summed E-state index contributed by atoms with van der Waals surface area (Å²) in [7, 11) is 0. The molecule has 0 aromatic heterocycles. The van der Waals surface area contributed by atoms with Gasteiger partial charge in [0.1, 0.15) is 0 Å². The fraction of sp³-hybridized carbons (Fsp3) is 0.909. The van der Waals surface area contributed by atoms with Crippen molar-refractivity contribution < 1.29 is 24.5 Å². The zero-order valence-electron chi connectivity index (χ0n) is 48.7. The second kappa shape index (κ2) is 61.9. The molecular formula is C66H127NO5. The summed E-state index contributed by atoms with van der Waals surface area (Å²) in [5.74, 6) is -0.0846. The van der Waals surface area contributed by atoms with Crippen LogP contribution in [-0.2, 0) is 14.3 Å². The van der Waals surface area contributed by atoms with Crippen LogP contribution < -0.4 is 5.32 Å². The minimum Gasteiger partial charge on any atom is -0.466 e. The smallest absolute Gasteiger partial charge is 0.305 e. The predicted octanol–water partition coefficient (Wildman–Crippen LogP) is 20.6. The molecule has 0 aliphatic rings. The average molecular weight is 1010 g/mol. The molecule has 0 aliphatic carbocycles. The maximum atomic E-state index is 12.5. The number of hydrogen-bond acceptors (Lipinski definition) is 5. The van der Waals surface area contributed by atoms with Gasteiger partial charge in [-0.1, -0.05) is 314 Å². The maximum absolute atomic E-state index is 12.5. The number of esters is 1. The number of amides is 1. The highest BCUT2D eigenvalue weighted by molar-refractivity contribution is 5.76. The summed E-state index contributed by atoms with van der Waals surface area (Å²) in [6.45, 7) is 4.91. The number of rotatable bonds is 61. The number of nitrogens with one attached hydrogen (secondary N) is 1. The lowest BCUT2D eigenvalue weighted by Crippen LogP contribution is -2.45. The first-order chi connectivity index (χ1) is 35.5. The maximum Gasteiger partial charge on any atom is 0.305 e. The first kappa shape index (κ1) is 70.3. The monoisotopic (exact) mass is 1010 g/mol. The third kappa shape index (κ3) is 57.6. The van der Waals surface area contributed by atoms with Crippen LogP contribution in [0.25, 0.3) is 0 Å². The summed E-state index contributed by atoms with van der Waals surface area (Å²) in [5.41, 5.74) is 0. The molecule has 0 radical (unpaired) electrons. The Morgan fingerprint density at radius 1 is 0.375 bits per heavy atom. The van der Waals surface area contributed by atoms with E-state index in [1.165, 1.54) is 276 Å². The highest BCUT2D eigenvalue weighted by Crippen LogP contribution is 2.18. The topological polar surface area (TPSA) is 95.9 Å². The van der Waals surface area contributed by atoms with E-state index >= 15 is 0 Å². The Hall–Kier alpha value is -1.66. The molecule has 0 saturated heterocycles. The molecule has 0 aromatic rings. The molecule has 0 spiro atoms. The van der Waals surface area contributed by atoms with Crippen molar-refractivity contribution in [2.45, 2.75) is 373 Å². The zero-order valence-corrected chi connectivity index (χ0v) is 48.7. The van der Waals surface area contributed by atoms with Gasteiger partial charge >= 0.3 is 5.97 Å². The van der Waals surface area contributed by atoms with Gasteiger partial charge in [-0.15, -0.1) is 0 Å². The number of hydrogen-bond donors (Lipinski definition) is 3. The van der Waals surface area contributed by atoms with Gasteiger partial charge in [-0.05, 0) is 57.8 Å². The summed E-state index contributed by atoms with van der Waals surface area (Å²) in [6.07, 6.45) is 76.5. The molecule has 0 rings (SSSR count). The number of unbranched alkanes of at least 4 members (excludes halogenated alkanes) is 48. The van der Waals surface area contributed by atoms with Crippen LogP contribution in [0.2, 0.25) is 0 Å². The number of allylic oxidation sites excluding steroid dienone is 3. The largest absolute Gasteiger partial charge is 0.466 e. The number of carbonyl (C=O) groups is 2. The Bertz CT molecular complexity index is 1120. The summed E-state index contributed by atoms with van der Waals surface area (Å²) in [5, 5.41) is 23.2. The summed E-state index contributed by atoms with van der Waals surface area (Å²) in [6, 6.07) is -0.637. The minimum absolute atomic E-state index is 0.00979. The number of aliphatic hydroxyl groups excluding tert-OH is 2. The van der Waals surface area contributed by atoms with E-state index in [2.05, 4.69) is 31.3 Å². The van der Waals surface area contributed by atoms with Crippen molar-refractivity contribution in [2.24, 2.45) is 0 Å². The van der Waals surface area contributed by atoms with Crippen molar-refractivity contribution in [1.29, 1.82) is 0 Å². The van der Waals surface area contributed by atoms with Crippen molar-refractivity contribution >= 4 is 11.9 Å². The van der Waals surface area contributed by atoms with Gasteiger partial charge in [-0.3, -0.25) is 9.59 Å². The van der Waals surface area contributed by atoms with E-state index in [-0.39, 0.29) is 18.5 Å². The van der Waals surface area contributed by atoms with E-state index in [0.717, 1.165) is 57.8 Å². The Labute approximate surface area is 450 Å². The first-order valence-electron chi connectivity index (χ1n) is 32.6. The molecule has 72 heavy (non-hydrogen) atoms. The molecule has 426 valence electrons. The lowest BCUT2D eigenvalue weighted by Gasteiger charge is -2.20. The molecular weight excluding hydrogens is 887 g/mol. The van der Waals surface area contributed by atoms with Crippen LogP contribution >= 0.6 is 0 Å². The third-order valence-corrected chi connectivity index (χ3v) is 15.2. The van der Waals surface area contributed by atoms with Gasteiger partial charge in [-0.2, -0.15) is 0 Å². The SMILES string of the molecule is CCCCCCCCC/C=C\CCCCCCCC(=O)OCCCCCCCCCCCCCCCCC(=O)NC(CO)C(O)/C=C/CCCCCCCCCCCCCCCCCCCCCCCCC. The lowest BCUT2D eigenvalue weighted by atomic mass is 10.0. The molecule has 0 heterocycles. The Balaban J connectivity index is 3.46. The Morgan fingerprint density at radius 2 is 0.653 bits per heavy atom. The van der Waals surface area contributed by atoms with Crippen LogP contribution in [0.4, 0.5) is 0 Å². The Kier molecular flexibility index (Phi) is 60.5. The molecule has 6 heteroatoms. The lowest BCUT2D eigenvalue weighted by molar-refractivity contribution is -0.143. The number of carbonyl (C=O) groups excluding carboxylic acids is 2. The second-order valence-corrected chi connectivity index (χ2v) is 22.5.